The van der Waals surface area contributed by atoms with E-state index in [1.54, 1.807) is 25.7 Å². The molecule has 3 heterocycles. The summed E-state index contributed by atoms with van der Waals surface area (Å²) >= 11 is 0. The van der Waals surface area contributed by atoms with E-state index in [-0.39, 0.29) is 22.4 Å². The number of urea groups is 1. The number of hydrogen-bond acceptors (Lipinski definition) is 10. The maximum Gasteiger partial charge on any atom is 0.364 e. The number of aliphatic hydroxyl groups excluding tert-OH is 2. The molecular weight excluding hydrogens is 474 g/mol. The van der Waals surface area contributed by atoms with Crippen molar-refractivity contribution in [3.63, 3.8) is 0 Å². The summed E-state index contributed by atoms with van der Waals surface area (Å²) in [6.07, 6.45) is -4.69. The van der Waals surface area contributed by atoms with Crippen molar-refractivity contribution in [2.45, 2.75) is 51.0 Å². The van der Waals surface area contributed by atoms with E-state index in [1.165, 1.54) is 19.2 Å². The topological polar surface area (TPSA) is 154 Å². The highest BCUT2D eigenvalue weighted by atomic mass is 16.7. The fraction of sp³-hybridized carbons (Fsp3) is 0.583. The number of fused-ring (bicyclic) bond motifs is 1. The summed E-state index contributed by atoms with van der Waals surface area (Å²) in [7, 11) is 3.37. The second-order valence-electron chi connectivity index (χ2n) is 9.74. The van der Waals surface area contributed by atoms with Gasteiger partial charge in [0.05, 0.1) is 11.0 Å². The Kier molecular flexibility index (Phi) is 7.17. The number of rotatable bonds is 4. The molecule has 0 spiro atoms. The number of ether oxygens (including phenoxy) is 3. The summed E-state index contributed by atoms with van der Waals surface area (Å²) in [6, 6.07) is 2.48. The van der Waals surface area contributed by atoms with Crippen LogP contribution in [-0.2, 0) is 9.47 Å². The Morgan fingerprint density at radius 2 is 1.83 bits per heavy atom. The lowest BCUT2D eigenvalue weighted by Crippen LogP contribution is -2.63. The van der Waals surface area contributed by atoms with Gasteiger partial charge in [0, 0.05) is 38.9 Å². The molecule has 36 heavy (non-hydrogen) atoms. The van der Waals surface area contributed by atoms with Crippen LogP contribution in [0.5, 0.6) is 11.5 Å². The van der Waals surface area contributed by atoms with Gasteiger partial charge in [0.1, 0.15) is 29.6 Å². The van der Waals surface area contributed by atoms with Gasteiger partial charge in [-0.25, -0.2) is 9.59 Å². The highest BCUT2D eigenvalue weighted by Gasteiger charge is 2.50. The molecule has 2 aromatic rings. The van der Waals surface area contributed by atoms with Gasteiger partial charge in [-0.1, -0.05) is 0 Å². The predicted molar refractivity (Wildman–Crippen MR) is 129 cm³/mol. The maximum atomic E-state index is 12.7. The van der Waals surface area contributed by atoms with E-state index in [2.05, 4.69) is 10.2 Å². The molecule has 0 aliphatic carbocycles. The molecule has 0 radical (unpaired) electrons. The summed E-state index contributed by atoms with van der Waals surface area (Å²) < 4.78 is 22.4. The summed E-state index contributed by atoms with van der Waals surface area (Å²) in [5.74, 6) is -0.214. The summed E-state index contributed by atoms with van der Waals surface area (Å²) in [6.45, 7) is 7.41. The van der Waals surface area contributed by atoms with Crippen molar-refractivity contribution in [1.29, 1.82) is 0 Å². The molecule has 1 aromatic heterocycles. The molecule has 4 N–H and O–H groups in total. The average molecular weight is 508 g/mol. The number of hydrogen-bond donors (Lipinski definition) is 4. The fourth-order valence-corrected chi connectivity index (χ4v) is 4.63. The van der Waals surface area contributed by atoms with Crippen LogP contribution in [-0.4, -0.2) is 102 Å². The molecule has 4 rings (SSSR count). The molecule has 198 valence electrons. The van der Waals surface area contributed by atoms with Crippen molar-refractivity contribution < 1.29 is 38.7 Å². The highest BCUT2D eigenvalue weighted by Crippen LogP contribution is 2.37. The van der Waals surface area contributed by atoms with Crippen LogP contribution >= 0.6 is 0 Å². The zero-order valence-corrected chi connectivity index (χ0v) is 21.0. The number of likely N-dealkylation sites (N-methyl/N-ethyl adjacent to an activating group) is 1. The molecule has 2 amide bonds. The molecule has 0 saturated carbocycles. The first-order valence-electron chi connectivity index (χ1n) is 11.7. The molecule has 1 aromatic carbocycles. The number of amides is 2. The number of nitrogens with zero attached hydrogens (tertiary/aromatic N) is 2. The van der Waals surface area contributed by atoms with Crippen LogP contribution in [0.25, 0.3) is 11.0 Å². The molecule has 4 atom stereocenters. The number of carbonyl (C=O) groups is 1. The first-order chi connectivity index (χ1) is 16.9. The maximum absolute atomic E-state index is 12.7. The third-order valence-electron chi connectivity index (χ3n) is 6.81. The Morgan fingerprint density at radius 3 is 2.47 bits per heavy atom. The minimum atomic E-state index is -1.41. The second kappa shape index (κ2) is 9.87. The van der Waals surface area contributed by atoms with E-state index in [1.807, 2.05) is 7.05 Å². The van der Waals surface area contributed by atoms with Crippen LogP contribution in [0.1, 0.15) is 19.4 Å². The number of nitrogens with one attached hydrogen (secondary N) is 1. The lowest BCUT2D eigenvalue weighted by molar-refractivity contribution is -0.306. The molecule has 12 nitrogen and oxygen atoms in total. The lowest BCUT2D eigenvalue weighted by atomic mass is 9.89. The van der Waals surface area contributed by atoms with Gasteiger partial charge in [-0.15, -0.1) is 0 Å². The minimum absolute atomic E-state index is 0.0486. The third kappa shape index (κ3) is 4.74. The molecule has 0 unspecified atom stereocenters. The zero-order valence-electron chi connectivity index (χ0n) is 21.0. The van der Waals surface area contributed by atoms with Crippen LogP contribution < -0.4 is 15.7 Å². The highest BCUT2D eigenvalue weighted by molar-refractivity contribution is 5.97. The van der Waals surface area contributed by atoms with Crippen molar-refractivity contribution in [3.8, 4) is 11.5 Å². The van der Waals surface area contributed by atoms with Gasteiger partial charge in [0.2, 0.25) is 6.29 Å². The Labute approximate surface area is 207 Å². The molecular formula is C24H33N3O9. The number of aryl methyl sites for hydroxylation is 1. The van der Waals surface area contributed by atoms with Gasteiger partial charge in [-0.3, -0.25) is 5.32 Å². The van der Waals surface area contributed by atoms with Crippen molar-refractivity contribution in [2.75, 3.05) is 45.7 Å². The molecule has 12 heteroatoms. The SMILES string of the molecule is CO[C@@H]1[C@H](O)[C@@H](O)[C@H](Oc2ccc3c(O)c(NC(=O)N4CCN(C)CC4)c(=O)oc3c2C)OC1(C)C. The fourth-order valence-electron chi connectivity index (χ4n) is 4.63. The minimum Gasteiger partial charge on any atom is -0.505 e. The normalized spacial score (nSPS) is 26.7. The number of benzene rings is 1. The predicted octanol–water partition coefficient (Wildman–Crippen LogP) is 0.837. The monoisotopic (exact) mass is 507 g/mol. The first-order valence-corrected chi connectivity index (χ1v) is 11.7. The van der Waals surface area contributed by atoms with Gasteiger partial charge in [-0.05, 0) is 40.0 Å². The van der Waals surface area contributed by atoms with E-state index in [0.29, 0.717) is 31.7 Å². The van der Waals surface area contributed by atoms with Gasteiger partial charge in [-0.2, -0.15) is 0 Å². The number of aliphatic hydroxyl groups is 2. The van der Waals surface area contributed by atoms with E-state index in [4.69, 9.17) is 18.6 Å². The Morgan fingerprint density at radius 1 is 1.17 bits per heavy atom. The van der Waals surface area contributed by atoms with E-state index in [0.717, 1.165) is 0 Å². The summed E-state index contributed by atoms with van der Waals surface area (Å²) in [4.78, 5) is 29.0. The number of piperazine rings is 1. The Bertz CT molecular complexity index is 1190. The van der Waals surface area contributed by atoms with Crippen LogP contribution in [0, 0.1) is 6.92 Å². The van der Waals surface area contributed by atoms with Gasteiger partial charge in [0.15, 0.2) is 11.4 Å². The van der Waals surface area contributed by atoms with Crippen LogP contribution in [0.3, 0.4) is 0 Å². The van der Waals surface area contributed by atoms with Crippen LogP contribution in [0.15, 0.2) is 21.3 Å². The second-order valence-corrected chi connectivity index (χ2v) is 9.74. The molecule has 2 aliphatic rings. The van der Waals surface area contributed by atoms with Gasteiger partial charge in [0.25, 0.3) is 0 Å². The standard InChI is InChI=1S/C24H33N3O9/c1-12-14(34-22-18(30)17(29)20(33-5)24(2,3)36-22)7-6-13-16(28)15(21(31)35-19(12)13)25-23(32)27-10-8-26(4)9-11-27/h6-7,17-18,20,22,28-30H,8-11H2,1-5H3,(H,25,32)/t17-,18-,20-,22-/m1/s1. The number of aromatic hydroxyl groups is 1. The van der Waals surface area contributed by atoms with Crippen LogP contribution in [0.2, 0.25) is 0 Å². The Balaban J connectivity index is 1.59. The first kappa shape index (κ1) is 26.2. The zero-order chi connectivity index (χ0) is 26.4. The van der Waals surface area contributed by atoms with E-state index in [9.17, 15) is 24.9 Å². The van der Waals surface area contributed by atoms with Gasteiger partial charge >= 0.3 is 11.7 Å². The van der Waals surface area contributed by atoms with Crippen LogP contribution in [0.4, 0.5) is 10.5 Å². The molecule has 2 fully saturated rings. The quantitative estimate of drug-likeness (QED) is 0.438. The van der Waals surface area contributed by atoms with E-state index < -0.39 is 47.6 Å². The largest absolute Gasteiger partial charge is 0.505 e. The molecule has 2 aliphatic heterocycles. The molecule has 0 bridgehead atoms. The van der Waals surface area contributed by atoms with E-state index >= 15 is 0 Å². The summed E-state index contributed by atoms with van der Waals surface area (Å²) in [5.41, 5.74) is -1.83. The van der Waals surface area contributed by atoms with Crippen molar-refractivity contribution in [3.05, 3.63) is 28.1 Å². The summed E-state index contributed by atoms with van der Waals surface area (Å²) in [5, 5.41) is 34.5. The van der Waals surface area contributed by atoms with Crippen molar-refractivity contribution in [2.24, 2.45) is 0 Å². The smallest absolute Gasteiger partial charge is 0.364 e. The third-order valence-corrected chi connectivity index (χ3v) is 6.81. The number of anilines is 1. The number of methoxy groups -OCH3 is 1. The molecule has 2 saturated heterocycles. The van der Waals surface area contributed by atoms with Crippen molar-refractivity contribution >= 4 is 22.7 Å². The lowest BCUT2D eigenvalue weighted by Gasteiger charge is -2.46. The average Bonchev–Trinajstić information content (AvgIpc) is 2.82. The Hall–Kier alpha value is -2.90. The number of carbonyl (C=O) groups excluding carboxylic acids is 1. The van der Waals surface area contributed by atoms with Gasteiger partial charge < -0.3 is 43.7 Å². The van der Waals surface area contributed by atoms with Crippen molar-refractivity contribution in [1.82, 2.24) is 9.80 Å².